The highest BCUT2D eigenvalue weighted by Gasteiger charge is 2.03. The lowest BCUT2D eigenvalue weighted by atomic mass is 10.1. The number of rotatable bonds is 5. The summed E-state index contributed by atoms with van der Waals surface area (Å²) in [5.41, 5.74) is 1.22. The van der Waals surface area contributed by atoms with Crippen LogP contribution in [0.15, 0.2) is 28.7 Å². The molecule has 0 aliphatic heterocycles. The van der Waals surface area contributed by atoms with Crippen molar-refractivity contribution in [1.82, 2.24) is 5.32 Å². The third-order valence-corrected chi connectivity index (χ3v) is 2.60. The van der Waals surface area contributed by atoms with Crippen LogP contribution in [0.2, 0.25) is 0 Å². The topological polar surface area (TPSA) is 12.0 Å². The molecule has 1 atom stereocenters. The van der Waals surface area contributed by atoms with Crippen LogP contribution in [0.25, 0.3) is 0 Å². The number of alkyl halides is 1. The average Bonchev–Trinajstić information content (AvgIpc) is 2.18. The summed E-state index contributed by atoms with van der Waals surface area (Å²) in [7, 11) is 0. The van der Waals surface area contributed by atoms with Gasteiger partial charge in [0, 0.05) is 10.5 Å². The van der Waals surface area contributed by atoms with Gasteiger partial charge in [-0.3, -0.25) is 4.39 Å². The van der Waals surface area contributed by atoms with Gasteiger partial charge in [0.2, 0.25) is 0 Å². The molecule has 0 radical (unpaired) electrons. The Labute approximate surface area is 92.8 Å². The predicted octanol–water partition coefficient (Wildman–Crippen LogP) is 3.46. The minimum absolute atomic E-state index is 0.252. The normalized spacial score (nSPS) is 12.8. The van der Waals surface area contributed by atoms with E-state index in [2.05, 4.69) is 40.3 Å². The predicted molar refractivity (Wildman–Crippen MR) is 61.2 cm³/mol. The van der Waals surface area contributed by atoms with Crippen LogP contribution < -0.4 is 5.32 Å². The van der Waals surface area contributed by atoms with E-state index in [1.807, 2.05) is 12.1 Å². The zero-order valence-electron chi connectivity index (χ0n) is 8.26. The molecule has 0 saturated heterocycles. The van der Waals surface area contributed by atoms with Crippen molar-refractivity contribution in [3.05, 3.63) is 34.3 Å². The van der Waals surface area contributed by atoms with E-state index in [9.17, 15) is 4.39 Å². The third kappa shape index (κ3) is 3.76. The largest absolute Gasteiger partial charge is 0.310 e. The molecule has 0 fully saturated rings. The summed E-state index contributed by atoms with van der Waals surface area (Å²) in [6.45, 7) is 2.56. The van der Waals surface area contributed by atoms with Gasteiger partial charge in [0.05, 0.1) is 6.67 Å². The summed E-state index contributed by atoms with van der Waals surface area (Å²) in [6.07, 6.45) is 0.582. The Bertz CT molecular complexity index is 278. The smallest absolute Gasteiger partial charge is 0.0906 e. The van der Waals surface area contributed by atoms with Crippen LogP contribution in [0.3, 0.4) is 0 Å². The molecular formula is C11H15BrFN. The van der Waals surface area contributed by atoms with E-state index in [0.717, 1.165) is 11.0 Å². The summed E-state index contributed by atoms with van der Waals surface area (Å²) < 4.78 is 12.9. The first-order valence-corrected chi connectivity index (χ1v) is 5.58. The monoisotopic (exact) mass is 259 g/mol. The highest BCUT2D eigenvalue weighted by atomic mass is 79.9. The molecule has 1 aromatic rings. The SMILES string of the molecule is CC(NCCCF)c1cccc(Br)c1. The maximum Gasteiger partial charge on any atom is 0.0906 e. The second-order valence-electron chi connectivity index (χ2n) is 3.27. The molecule has 1 aromatic carbocycles. The molecule has 1 nitrogen and oxygen atoms in total. The molecule has 0 spiro atoms. The highest BCUT2D eigenvalue weighted by Crippen LogP contribution is 2.17. The van der Waals surface area contributed by atoms with Gasteiger partial charge in [-0.05, 0) is 37.6 Å². The second-order valence-corrected chi connectivity index (χ2v) is 4.19. The van der Waals surface area contributed by atoms with Gasteiger partial charge in [-0.1, -0.05) is 28.1 Å². The Balaban J connectivity index is 2.47. The van der Waals surface area contributed by atoms with Crippen molar-refractivity contribution >= 4 is 15.9 Å². The fourth-order valence-electron chi connectivity index (χ4n) is 1.28. The zero-order chi connectivity index (χ0) is 10.4. The standard InChI is InChI=1S/C11H15BrFN/c1-9(14-7-3-6-13)10-4-2-5-11(12)8-10/h2,4-5,8-9,14H,3,6-7H2,1H3. The van der Waals surface area contributed by atoms with Crippen molar-refractivity contribution in [3.8, 4) is 0 Å². The lowest BCUT2D eigenvalue weighted by Crippen LogP contribution is -2.20. The van der Waals surface area contributed by atoms with E-state index >= 15 is 0 Å². The minimum Gasteiger partial charge on any atom is -0.310 e. The molecule has 0 aliphatic rings. The molecule has 0 aliphatic carbocycles. The zero-order valence-corrected chi connectivity index (χ0v) is 9.85. The number of nitrogens with one attached hydrogen (secondary N) is 1. The van der Waals surface area contributed by atoms with Gasteiger partial charge in [-0.15, -0.1) is 0 Å². The lowest BCUT2D eigenvalue weighted by Gasteiger charge is -2.13. The molecule has 1 unspecified atom stereocenters. The molecule has 78 valence electrons. The van der Waals surface area contributed by atoms with E-state index in [0.29, 0.717) is 6.42 Å². The Kier molecular flexibility index (Phi) is 5.12. The second kappa shape index (κ2) is 6.14. The van der Waals surface area contributed by atoms with Gasteiger partial charge in [0.25, 0.3) is 0 Å². The summed E-state index contributed by atoms with van der Waals surface area (Å²) in [4.78, 5) is 0. The van der Waals surface area contributed by atoms with Gasteiger partial charge in [0.15, 0.2) is 0 Å². The molecule has 1 N–H and O–H groups in total. The van der Waals surface area contributed by atoms with Crippen LogP contribution in [0, 0.1) is 0 Å². The average molecular weight is 260 g/mol. The number of benzene rings is 1. The molecule has 0 aromatic heterocycles. The first kappa shape index (κ1) is 11.7. The first-order valence-electron chi connectivity index (χ1n) is 4.79. The van der Waals surface area contributed by atoms with Crippen molar-refractivity contribution in [2.24, 2.45) is 0 Å². The van der Waals surface area contributed by atoms with Gasteiger partial charge >= 0.3 is 0 Å². The number of hydrogen-bond acceptors (Lipinski definition) is 1. The minimum atomic E-state index is -0.252. The summed E-state index contributed by atoms with van der Waals surface area (Å²) in [5.74, 6) is 0. The maximum atomic E-state index is 11.9. The van der Waals surface area contributed by atoms with Crippen LogP contribution in [0.4, 0.5) is 4.39 Å². The highest BCUT2D eigenvalue weighted by molar-refractivity contribution is 9.10. The quantitative estimate of drug-likeness (QED) is 0.799. The van der Waals surface area contributed by atoms with Crippen molar-refractivity contribution < 1.29 is 4.39 Å². The molecule has 0 heterocycles. The van der Waals surface area contributed by atoms with E-state index in [-0.39, 0.29) is 12.7 Å². The Hall–Kier alpha value is -0.410. The van der Waals surface area contributed by atoms with Crippen LogP contribution >= 0.6 is 15.9 Å². The van der Waals surface area contributed by atoms with E-state index < -0.39 is 0 Å². The van der Waals surface area contributed by atoms with Gasteiger partial charge < -0.3 is 5.32 Å². The fourth-order valence-corrected chi connectivity index (χ4v) is 1.70. The van der Waals surface area contributed by atoms with Gasteiger partial charge in [-0.25, -0.2) is 0 Å². The van der Waals surface area contributed by atoms with Crippen molar-refractivity contribution in [1.29, 1.82) is 0 Å². The molecule has 0 saturated carbocycles. The van der Waals surface area contributed by atoms with Crippen LogP contribution in [0.5, 0.6) is 0 Å². The van der Waals surface area contributed by atoms with Crippen LogP contribution in [-0.2, 0) is 0 Å². The molecular weight excluding hydrogens is 245 g/mol. The maximum absolute atomic E-state index is 11.9. The van der Waals surface area contributed by atoms with Crippen molar-refractivity contribution in [3.63, 3.8) is 0 Å². The fraction of sp³-hybridized carbons (Fsp3) is 0.455. The first-order chi connectivity index (χ1) is 6.74. The molecule has 3 heteroatoms. The van der Waals surface area contributed by atoms with Crippen LogP contribution in [0.1, 0.15) is 24.9 Å². The Morgan fingerprint density at radius 2 is 2.29 bits per heavy atom. The molecule has 0 bridgehead atoms. The van der Waals surface area contributed by atoms with Crippen LogP contribution in [-0.4, -0.2) is 13.2 Å². The number of halogens is 2. The van der Waals surface area contributed by atoms with Crippen molar-refractivity contribution in [2.75, 3.05) is 13.2 Å². The summed E-state index contributed by atoms with van der Waals surface area (Å²) >= 11 is 3.42. The van der Waals surface area contributed by atoms with E-state index in [4.69, 9.17) is 0 Å². The lowest BCUT2D eigenvalue weighted by molar-refractivity contribution is 0.446. The number of hydrogen-bond donors (Lipinski definition) is 1. The Morgan fingerprint density at radius 3 is 2.93 bits per heavy atom. The van der Waals surface area contributed by atoms with Gasteiger partial charge in [-0.2, -0.15) is 0 Å². The van der Waals surface area contributed by atoms with Crippen molar-refractivity contribution in [2.45, 2.75) is 19.4 Å². The molecule has 14 heavy (non-hydrogen) atoms. The van der Waals surface area contributed by atoms with Gasteiger partial charge in [0.1, 0.15) is 0 Å². The summed E-state index contributed by atoms with van der Waals surface area (Å²) in [5, 5.41) is 3.27. The van der Waals surface area contributed by atoms with E-state index in [1.165, 1.54) is 5.56 Å². The summed E-state index contributed by atoms with van der Waals surface area (Å²) in [6, 6.07) is 8.43. The van der Waals surface area contributed by atoms with E-state index in [1.54, 1.807) is 0 Å². The third-order valence-electron chi connectivity index (χ3n) is 2.11. The Morgan fingerprint density at radius 1 is 1.50 bits per heavy atom. The molecule has 1 rings (SSSR count). The molecule has 0 amide bonds.